The summed E-state index contributed by atoms with van der Waals surface area (Å²) in [7, 11) is 2.03. The zero-order chi connectivity index (χ0) is 25.8. The summed E-state index contributed by atoms with van der Waals surface area (Å²) >= 11 is 12.3. The largest absolute Gasteiger partial charge is 0.488 e. The lowest BCUT2D eigenvalue weighted by atomic mass is 10.0. The van der Waals surface area contributed by atoms with Crippen molar-refractivity contribution in [3.63, 3.8) is 0 Å². The van der Waals surface area contributed by atoms with Gasteiger partial charge >= 0.3 is 0 Å². The Morgan fingerprint density at radius 3 is 2.44 bits per heavy atom. The highest BCUT2D eigenvalue weighted by Gasteiger charge is 2.31. The molecule has 4 rings (SSSR count). The monoisotopic (exact) mass is 536 g/mol. The number of ether oxygens (including phenoxy) is 2. The van der Waals surface area contributed by atoms with Crippen molar-refractivity contribution in [3.05, 3.63) is 40.3 Å². The Morgan fingerprint density at radius 1 is 1.17 bits per heavy atom. The highest BCUT2D eigenvalue weighted by Crippen LogP contribution is 2.31. The van der Waals surface area contributed by atoms with Crippen molar-refractivity contribution in [2.45, 2.75) is 50.9 Å². The quantitative estimate of drug-likeness (QED) is 0.396. The lowest BCUT2D eigenvalue weighted by molar-refractivity contribution is -0.125. The molecule has 2 unspecified atom stereocenters. The summed E-state index contributed by atoms with van der Waals surface area (Å²) in [6, 6.07) is 5.73. The van der Waals surface area contributed by atoms with E-state index in [0.29, 0.717) is 24.1 Å². The zero-order valence-corrected chi connectivity index (χ0v) is 21.9. The number of likely N-dealkylation sites (N-methyl/N-ethyl adjacent to an activating group) is 1. The first kappa shape index (κ1) is 26.4. The van der Waals surface area contributed by atoms with Gasteiger partial charge in [0.25, 0.3) is 5.91 Å². The van der Waals surface area contributed by atoms with Gasteiger partial charge in [-0.3, -0.25) is 14.5 Å². The van der Waals surface area contributed by atoms with E-state index in [0.717, 1.165) is 25.9 Å². The molecule has 0 aliphatic carbocycles. The minimum Gasteiger partial charge on any atom is -0.488 e. The molecule has 2 amide bonds. The van der Waals surface area contributed by atoms with Crippen LogP contribution in [-0.2, 0) is 9.59 Å². The second-order valence-electron chi connectivity index (χ2n) is 9.03. The number of amides is 2. The number of pyridine rings is 2. The van der Waals surface area contributed by atoms with E-state index in [-0.39, 0.29) is 34.0 Å². The number of carbonyl (C=O) groups excluding carboxylic acids is 2. The predicted octanol–water partition coefficient (Wildman–Crippen LogP) is 2.81. The molecule has 4 heterocycles. The van der Waals surface area contributed by atoms with Gasteiger partial charge < -0.3 is 25.4 Å². The average Bonchev–Trinajstić information content (AvgIpc) is 2.77. The third-order valence-electron chi connectivity index (χ3n) is 6.41. The molecule has 2 saturated heterocycles. The summed E-state index contributed by atoms with van der Waals surface area (Å²) in [5, 5.41) is 9.02. The number of rotatable bonds is 10. The van der Waals surface area contributed by atoms with Crippen LogP contribution in [0.4, 0.5) is 5.82 Å². The number of nitrogens with one attached hydrogen (secondary N) is 3. The summed E-state index contributed by atoms with van der Waals surface area (Å²) in [6.07, 6.45) is 1.83. The molecule has 0 saturated carbocycles. The van der Waals surface area contributed by atoms with Crippen molar-refractivity contribution in [2.75, 3.05) is 32.1 Å². The maximum absolute atomic E-state index is 13.5. The topological polar surface area (TPSA) is 118 Å². The average molecular weight is 537 g/mol. The van der Waals surface area contributed by atoms with Crippen LogP contribution in [0.3, 0.4) is 0 Å². The number of aromatic nitrogens is 2. The van der Waals surface area contributed by atoms with Crippen LogP contribution in [0.15, 0.2) is 24.3 Å². The molecule has 0 bridgehead atoms. The van der Waals surface area contributed by atoms with Gasteiger partial charge in [0.2, 0.25) is 5.91 Å². The predicted molar refractivity (Wildman–Crippen MR) is 137 cm³/mol. The molecule has 10 nitrogen and oxygen atoms in total. The summed E-state index contributed by atoms with van der Waals surface area (Å²) in [6.45, 7) is 5.63. The van der Waals surface area contributed by atoms with E-state index in [1.807, 2.05) is 14.0 Å². The van der Waals surface area contributed by atoms with Crippen molar-refractivity contribution < 1.29 is 19.1 Å². The van der Waals surface area contributed by atoms with Crippen LogP contribution in [0.25, 0.3) is 0 Å². The standard InChI is InChI=1S/C24H30Cl2N6O4/c1-13(16-8-10-27-16)36-17-4-6-19(25)29-21(17)22(28-14(2)33)24(34)31-23-18(5-7-20(26)30-23)35-12-15-9-11-32(15)3/h4-7,13,15-16,22,27H,8-12H2,1-3H3,(H,28,33)(H,30,31,34)/t13?,15-,16+,22?/m1/s1. The normalized spacial score (nSPS) is 20.9. The van der Waals surface area contributed by atoms with Gasteiger partial charge in [0.15, 0.2) is 17.6 Å². The first-order valence-electron chi connectivity index (χ1n) is 11.8. The highest BCUT2D eigenvalue weighted by molar-refractivity contribution is 6.29. The molecule has 0 radical (unpaired) electrons. The number of anilines is 1. The van der Waals surface area contributed by atoms with E-state index in [4.69, 9.17) is 32.7 Å². The molecule has 4 atom stereocenters. The summed E-state index contributed by atoms with van der Waals surface area (Å²) in [5.41, 5.74) is 0.182. The van der Waals surface area contributed by atoms with Gasteiger partial charge in [-0.15, -0.1) is 0 Å². The SMILES string of the molecule is CC(=O)NC(C(=O)Nc1nc(Cl)ccc1OC[C@H]1CCN1C)c1nc(Cl)ccc1OC(C)[C@@H]1CCN1. The smallest absolute Gasteiger partial charge is 0.254 e. The van der Waals surface area contributed by atoms with Gasteiger partial charge in [0.1, 0.15) is 34.5 Å². The van der Waals surface area contributed by atoms with E-state index in [9.17, 15) is 9.59 Å². The van der Waals surface area contributed by atoms with E-state index in [1.54, 1.807) is 24.3 Å². The maximum atomic E-state index is 13.5. The molecule has 2 fully saturated rings. The van der Waals surface area contributed by atoms with Crippen LogP contribution in [0.2, 0.25) is 10.3 Å². The molecular formula is C24H30Cl2N6O4. The second kappa shape index (κ2) is 11.6. The van der Waals surface area contributed by atoms with E-state index < -0.39 is 17.9 Å². The number of nitrogens with zero attached hydrogens (tertiary/aromatic N) is 3. The van der Waals surface area contributed by atoms with Crippen molar-refractivity contribution in [2.24, 2.45) is 0 Å². The maximum Gasteiger partial charge on any atom is 0.254 e. The number of hydrogen-bond donors (Lipinski definition) is 3. The molecule has 2 aliphatic rings. The van der Waals surface area contributed by atoms with E-state index >= 15 is 0 Å². The van der Waals surface area contributed by atoms with Gasteiger partial charge in [0, 0.05) is 19.0 Å². The van der Waals surface area contributed by atoms with Crippen LogP contribution < -0.4 is 25.4 Å². The molecule has 36 heavy (non-hydrogen) atoms. The van der Waals surface area contributed by atoms with Crippen LogP contribution in [0, 0.1) is 0 Å². The molecule has 0 aromatic carbocycles. The summed E-state index contributed by atoms with van der Waals surface area (Å²) in [5.74, 6) is -0.172. The first-order chi connectivity index (χ1) is 17.2. The number of halogens is 2. The van der Waals surface area contributed by atoms with Crippen LogP contribution >= 0.6 is 23.2 Å². The molecule has 194 valence electrons. The molecule has 2 aromatic rings. The molecule has 2 aromatic heterocycles. The lowest BCUT2D eigenvalue weighted by Crippen LogP contribution is -2.51. The fraction of sp³-hybridized carbons (Fsp3) is 0.500. The van der Waals surface area contributed by atoms with Gasteiger partial charge in [-0.1, -0.05) is 23.2 Å². The third kappa shape index (κ3) is 6.36. The Kier molecular flexibility index (Phi) is 8.50. The van der Waals surface area contributed by atoms with Gasteiger partial charge in [-0.2, -0.15) is 0 Å². The summed E-state index contributed by atoms with van der Waals surface area (Å²) in [4.78, 5) is 36.3. The number of hydrogen-bond acceptors (Lipinski definition) is 8. The van der Waals surface area contributed by atoms with E-state index in [2.05, 4.69) is 30.8 Å². The minimum atomic E-state index is -1.20. The summed E-state index contributed by atoms with van der Waals surface area (Å²) < 4.78 is 12.1. The molecule has 12 heteroatoms. The zero-order valence-electron chi connectivity index (χ0n) is 20.4. The Morgan fingerprint density at radius 2 is 1.86 bits per heavy atom. The molecular weight excluding hydrogens is 507 g/mol. The van der Waals surface area contributed by atoms with Gasteiger partial charge in [-0.05, 0) is 64.2 Å². The lowest BCUT2D eigenvalue weighted by Gasteiger charge is -2.37. The van der Waals surface area contributed by atoms with Crippen LogP contribution in [0.1, 0.15) is 38.4 Å². The first-order valence-corrected chi connectivity index (χ1v) is 12.6. The van der Waals surface area contributed by atoms with Gasteiger partial charge in [-0.25, -0.2) is 9.97 Å². The van der Waals surface area contributed by atoms with Crippen molar-refractivity contribution >= 4 is 40.8 Å². The molecule has 2 aliphatic heterocycles. The number of carbonyl (C=O) groups is 2. The second-order valence-corrected chi connectivity index (χ2v) is 9.80. The van der Waals surface area contributed by atoms with Crippen LogP contribution in [0.5, 0.6) is 11.5 Å². The molecule has 0 spiro atoms. The highest BCUT2D eigenvalue weighted by atomic mass is 35.5. The Hall–Kier alpha value is -2.66. The number of likely N-dealkylation sites (tertiary alicyclic amines) is 1. The Balaban J connectivity index is 1.58. The van der Waals surface area contributed by atoms with Gasteiger partial charge in [0.05, 0.1) is 0 Å². The molecule has 3 N–H and O–H groups in total. The Labute approximate surface area is 220 Å². The van der Waals surface area contributed by atoms with Crippen molar-refractivity contribution in [1.29, 1.82) is 0 Å². The Bertz CT molecular complexity index is 1120. The van der Waals surface area contributed by atoms with Crippen molar-refractivity contribution in [3.8, 4) is 11.5 Å². The minimum absolute atomic E-state index is 0.140. The van der Waals surface area contributed by atoms with Crippen LogP contribution in [-0.4, -0.2) is 71.6 Å². The third-order valence-corrected chi connectivity index (χ3v) is 6.83. The fourth-order valence-corrected chi connectivity index (χ4v) is 4.28. The van der Waals surface area contributed by atoms with Crippen molar-refractivity contribution in [1.82, 2.24) is 25.5 Å². The van der Waals surface area contributed by atoms with E-state index in [1.165, 1.54) is 6.92 Å². The fourth-order valence-electron chi connectivity index (χ4n) is 3.98.